The first kappa shape index (κ1) is 12.8. The summed E-state index contributed by atoms with van der Waals surface area (Å²) in [6.45, 7) is 3.68. The van der Waals surface area contributed by atoms with Gasteiger partial charge in [0.2, 0.25) is 0 Å². The van der Waals surface area contributed by atoms with Gasteiger partial charge in [0, 0.05) is 6.08 Å². The van der Waals surface area contributed by atoms with Gasteiger partial charge in [-0.05, 0) is 50.0 Å². The highest BCUT2D eigenvalue weighted by atomic mass is 16.5. The van der Waals surface area contributed by atoms with E-state index in [4.69, 9.17) is 4.74 Å². The summed E-state index contributed by atoms with van der Waals surface area (Å²) in [6, 6.07) is 19.1. The zero-order valence-electron chi connectivity index (χ0n) is 12.0. The molecule has 4 aromatic carbocycles. The van der Waals surface area contributed by atoms with Crippen molar-refractivity contribution in [3.8, 4) is 0 Å². The third-order valence-corrected chi connectivity index (χ3v) is 4.07. The van der Waals surface area contributed by atoms with Gasteiger partial charge in [0.1, 0.15) is 6.61 Å². The van der Waals surface area contributed by atoms with Crippen molar-refractivity contribution >= 4 is 38.3 Å². The van der Waals surface area contributed by atoms with E-state index in [1.54, 1.807) is 0 Å². The summed E-state index contributed by atoms with van der Waals surface area (Å²) in [7, 11) is 0. The fraction of sp³-hybridized carbons (Fsp3) is 0.0500. The van der Waals surface area contributed by atoms with Crippen LogP contribution in [-0.4, -0.2) is 5.97 Å². The van der Waals surface area contributed by atoms with Gasteiger partial charge >= 0.3 is 5.97 Å². The highest BCUT2D eigenvalue weighted by Crippen LogP contribution is 2.35. The van der Waals surface area contributed by atoms with E-state index < -0.39 is 5.97 Å². The SMILES string of the molecule is C=CC(=O)OCc1cc2ccc3cccc4ccc(c1)c2c34. The third kappa shape index (κ3) is 1.92. The molecule has 0 unspecified atom stereocenters. The summed E-state index contributed by atoms with van der Waals surface area (Å²) in [5.74, 6) is -0.398. The van der Waals surface area contributed by atoms with Gasteiger partial charge in [0.15, 0.2) is 0 Å². The number of esters is 1. The molecule has 0 aliphatic carbocycles. The number of hydrogen-bond donors (Lipinski definition) is 0. The predicted molar refractivity (Wildman–Crippen MR) is 90.1 cm³/mol. The first-order valence-electron chi connectivity index (χ1n) is 7.22. The largest absolute Gasteiger partial charge is 0.458 e. The van der Waals surface area contributed by atoms with Crippen molar-refractivity contribution < 1.29 is 9.53 Å². The van der Waals surface area contributed by atoms with Crippen LogP contribution in [0.2, 0.25) is 0 Å². The average molecular weight is 286 g/mol. The Labute approximate surface area is 128 Å². The van der Waals surface area contributed by atoms with Crippen LogP contribution in [0.15, 0.2) is 67.3 Å². The van der Waals surface area contributed by atoms with Crippen molar-refractivity contribution in [1.82, 2.24) is 0 Å². The predicted octanol–water partition coefficient (Wildman–Crippen LogP) is 4.81. The molecule has 2 nitrogen and oxygen atoms in total. The summed E-state index contributed by atoms with van der Waals surface area (Å²) in [6.07, 6.45) is 1.19. The second kappa shape index (κ2) is 4.85. The first-order valence-corrected chi connectivity index (χ1v) is 7.22. The Morgan fingerprint density at radius 2 is 1.45 bits per heavy atom. The molecular formula is C20H14O2. The molecule has 0 aliphatic rings. The lowest BCUT2D eigenvalue weighted by Gasteiger charge is -2.12. The van der Waals surface area contributed by atoms with Gasteiger partial charge in [0.05, 0.1) is 0 Å². The fourth-order valence-corrected chi connectivity index (χ4v) is 3.11. The molecule has 0 bridgehead atoms. The van der Waals surface area contributed by atoms with Crippen molar-refractivity contribution in [2.45, 2.75) is 6.61 Å². The molecule has 0 aromatic heterocycles. The zero-order chi connectivity index (χ0) is 15.1. The molecule has 0 aliphatic heterocycles. The Morgan fingerprint density at radius 3 is 2.05 bits per heavy atom. The molecule has 0 saturated carbocycles. The smallest absolute Gasteiger partial charge is 0.330 e. The van der Waals surface area contributed by atoms with Crippen LogP contribution in [0.25, 0.3) is 32.3 Å². The summed E-state index contributed by atoms with van der Waals surface area (Å²) in [4.78, 5) is 11.2. The molecule has 0 amide bonds. The van der Waals surface area contributed by atoms with Crippen molar-refractivity contribution in [2.75, 3.05) is 0 Å². The number of rotatable bonds is 3. The topological polar surface area (TPSA) is 26.3 Å². The Hall–Kier alpha value is -2.87. The summed E-state index contributed by atoms with van der Waals surface area (Å²) < 4.78 is 5.15. The van der Waals surface area contributed by atoms with Gasteiger partial charge in [-0.3, -0.25) is 0 Å². The molecule has 2 heteroatoms. The van der Waals surface area contributed by atoms with E-state index in [1.165, 1.54) is 38.4 Å². The molecule has 22 heavy (non-hydrogen) atoms. The van der Waals surface area contributed by atoms with E-state index >= 15 is 0 Å². The minimum atomic E-state index is -0.398. The monoisotopic (exact) mass is 286 g/mol. The molecule has 0 N–H and O–H groups in total. The third-order valence-electron chi connectivity index (χ3n) is 4.07. The Kier molecular flexibility index (Phi) is 2.83. The first-order chi connectivity index (χ1) is 10.8. The molecule has 4 rings (SSSR count). The van der Waals surface area contributed by atoms with Gasteiger partial charge in [-0.2, -0.15) is 0 Å². The molecule has 0 heterocycles. The van der Waals surface area contributed by atoms with Crippen molar-refractivity contribution in [1.29, 1.82) is 0 Å². The number of benzene rings is 4. The molecule has 106 valence electrons. The lowest BCUT2D eigenvalue weighted by Crippen LogP contribution is -2.00. The summed E-state index contributed by atoms with van der Waals surface area (Å²) >= 11 is 0. The molecule has 0 spiro atoms. The van der Waals surface area contributed by atoms with E-state index in [9.17, 15) is 4.79 Å². The lowest BCUT2D eigenvalue weighted by atomic mass is 9.93. The highest BCUT2D eigenvalue weighted by Gasteiger charge is 2.09. The van der Waals surface area contributed by atoms with Crippen LogP contribution in [0.1, 0.15) is 5.56 Å². The molecule has 4 aromatic rings. The quantitative estimate of drug-likeness (QED) is 0.307. The average Bonchev–Trinajstić information content (AvgIpc) is 2.57. The molecule has 0 fully saturated rings. The molecular weight excluding hydrogens is 272 g/mol. The van der Waals surface area contributed by atoms with E-state index in [1.807, 2.05) is 0 Å². The van der Waals surface area contributed by atoms with E-state index in [2.05, 4.69) is 61.2 Å². The van der Waals surface area contributed by atoms with Crippen LogP contribution in [-0.2, 0) is 16.1 Å². The van der Waals surface area contributed by atoms with E-state index in [-0.39, 0.29) is 6.61 Å². The maximum Gasteiger partial charge on any atom is 0.330 e. The maximum absolute atomic E-state index is 11.2. The van der Waals surface area contributed by atoms with Gasteiger partial charge in [0.25, 0.3) is 0 Å². The van der Waals surface area contributed by atoms with Crippen LogP contribution in [0.4, 0.5) is 0 Å². The van der Waals surface area contributed by atoms with Gasteiger partial charge in [-0.1, -0.05) is 49.0 Å². The van der Waals surface area contributed by atoms with Crippen molar-refractivity contribution in [2.24, 2.45) is 0 Å². The standard InChI is InChI=1S/C20H14O2/c1-2-18(21)22-12-13-10-16-8-6-14-4-3-5-15-7-9-17(11-13)20(16)19(14)15/h2-11H,1,12H2. The van der Waals surface area contributed by atoms with Crippen LogP contribution >= 0.6 is 0 Å². The van der Waals surface area contributed by atoms with Crippen LogP contribution < -0.4 is 0 Å². The van der Waals surface area contributed by atoms with Crippen molar-refractivity contribution in [3.63, 3.8) is 0 Å². The highest BCUT2D eigenvalue weighted by molar-refractivity contribution is 6.23. The summed E-state index contributed by atoms with van der Waals surface area (Å²) in [5.41, 5.74) is 0.987. The Bertz CT molecular complexity index is 950. The Morgan fingerprint density at radius 1 is 0.909 bits per heavy atom. The zero-order valence-corrected chi connectivity index (χ0v) is 12.0. The second-order valence-electron chi connectivity index (χ2n) is 5.44. The van der Waals surface area contributed by atoms with Crippen LogP contribution in [0.3, 0.4) is 0 Å². The maximum atomic E-state index is 11.2. The second-order valence-corrected chi connectivity index (χ2v) is 5.44. The van der Waals surface area contributed by atoms with E-state index in [0.717, 1.165) is 5.56 Å². The van der Waals surface area contributed by atoms with Crippen molar-refractivity contribution in [3.05, 3.63) is 72.8 Å². The number of hydrogen-bond acceptors (Lipinski definition) is 2. The van der Waals surface area contributed by atoms with Gasteiger partial charge in [-0.25, -0.2) is 4.79 Å². The van der Waals surface area contributed by atoms with Crippen LogP contribution in [0, 0.1) is 0 Å². The normalized spacial score (nSPS) is 11.3. The lowest BCUT2D eigenvalue weighted by molar-refractivity contribution is -0.138. The minimum absolute atomic E-state index is 0.265. The summed E-state index contributed by atoms with van der Waals surface area (Å²) in [5, 5.41) is 7.42. The van der Waals surface area contributed by atoms with Crippen LogP contribution in [0.5, 0.6) is 0 Å². The number of carbonyl (C=O) groups excluding carboxylic acids is 1. The van der Waals surface area contributed by atoms with Gasteiger partial charge < -0.3 is 4.74 Å². The Balaban J connectivity index is 1.93. The number of carbonyl (C=O) groups is 1. The molecule has 0 saturated heterocycles. The molecule has 0 atom stereocenters. The fourth-order valence-electron chi connectivity index (χ4n) is 3.11. The van der Waals surface area contributed by atoms with E-state index in [0.29, 0.717) is 0 Å². The minimum Gasteiger partial charge on any atom is -0.458 e. The van der Waals surface area contributed by atoms with Gasteiger partial charge in [-0.15, -0.1) is 0 Å². The molecule has 0 radical (unpaired) electrons. The number of ether oxygens (including phenoxy) is 1.